The van der Waals surface area contributed by atoms with E-state index in [-0.39, 0.29) is 17.7 Å². The molecule has 1 aliphatic heterocycles. The first-order valence-electron chi connectivity index (χ1n) is 7.46. The van der Waals surface area contributed by atoms with Crippen molar-refractivity contribution in [3.63, 3.8) is 0 Å². The van der Waals surface area contributed by atoms with Crippen LogP contribution in [-0.2, 0) is 11.3 Å². The third kappa shape index (κ3) is 3.40. The average molecular weight is 317 g/mol. The number of nitrogens with zero attached hydrogens (tertiary/aromatic N) is 3. The molecule has 1 fully saturated rings. The summed E-state index contributed by atoms with van der Waals surface area (Å²) in [6.07, 6.45) is 0.913. The van der Waals surface area contributed by atoms with E-state index in [9.17, 15) is 4.79 Å². The highest BCUT2D eigenvalue weighted by molar-refractivity contribution is 5.87. The van der Waals surface area contributed by atoms with Gasteiger partial charge in [0.2, 0.25) is 5.89 Å². The topological polar surface area (TPSA) is 88.7 Å². The van der Waals surface area contributed by atoms with Crippen LogP contribution in [0.5, 0.6) is 0 Å². The first-order valence-corrected chi connectivity index (χ1v) is 7.46. The molecule has 0 saturated carbocycles. The van der Waals surface area contributed by atoms with E-state index in [1.165, 1.54) is 0 Å². The van der Waals surface area contributed by atoms with Gasteiger partial charge < -0.3 is 14.4 Å². The molecule has 1 saturated heterocycles. The lowest BCUT2D eigenvalue weighted by molar-refractivity contribution is 0.0697. The van der Waals surface area contributed by atoms with Crippen molar-refractivity contribution in [2.75, 3.05) is 13.7 Å². The summed E-state index contributed by atoms with van der Waals surface area (Å²) in [5.41, 5.74) is 1.32. The van der Waals surface area contributed by atoms with Gasteiger partial charge in [0, 0.05) is 20.2 Å². The van der Waals surface area contributed by atoms with Crippen LogP contribution >= 0.6 is 0 Å². The van der Waals surface area contributed by atoms with Gasteiger partial charge in [-0.3, -0.25) is 4.90 Å². The minimum Gasteiger partial charge on any atom is -0.478 e. The summed E-state index contributed by atoms with van der Waals surface area (Å²) in [7, 11) is 1.70. The van der Waals surface area contributed by atoms with E-state index in [0.29, 0.717) is 18.3 Å². The average Bonchev–Trinajstić information content (AvgIpc) is 3.14. The van der Waals surface area contributed by atoms with Gasteiger partial charge >= 0.3 is 5.97 Å². The van der Waals surface area contributed by atoms with E-state index in [4.69, 9.17) is 14.4 Å². The van der Waals surface area contributed by atoms with Crippen LogP contribution in [0.25, 0.3) is 0 Å². The van der Waals surface area contributed by atoms with Crippen molar-refractivity contribution in [3.8, 4) is 0 Å². The Morgan fingerprint density at radius 1 is 1.43 bits per heavy atom. The summed E-state index contributed by atoms with van der Waals surface area (Å²) in [6, 6.07) is 6.92. The second-order valence-electron chi connectivity index (χ2n) is 5.72. The summed E-state index contributed by atoms with van der Waals surface area (Å²) in [5, 5.41) is 12.8. The van der Waals surface area contributed by atoms with Crippen LogP contribution in [0.1, 0.15) is 40.1 Å². The predicted molar refractivity (Wildman–Crippen MR) is 81.0 cm³/mol. The molecule has 0 aliphatic carbocycles. The quantitative estimate of drug-likeness (QED) is 0.902. The van der Waals surface area contributed by atoms with Gasteiger partial charge in [0.1, 0.15) is 0 Å². The number of aromatic nitrogens is 2. The molecular formula is C16H19N3O4. The number of benzene rings is 1. The fourth-order valence-electron chi connectivity index (χ4n) is 2.90. The Morgan fingerprint density at radius 3 is 2.74 bits per heavy atom. The molecule has 3 rings (SSSR count). The minimum atomic E-state index is -0.920. The number of methoxy groups -OCH3 is 1. The number of carboxylic acid groups (broad SMARTS) is 1. The number of likely N-dealkylation sites (tertiary alicyclic amines) is 1. The number of carboxylic acids is 1. The zero-order valence-electron chi connectivity index (χ0n) is 13.1. The van der Waals surface area contributed by atoms with Gasteiger partial charge in [-0.25, -0.2) is 4.79 Å². The third-order valence-electron chi connectivity index (χ3n) is 4.11. The summed E-state index contributed by atoms with van der Waals surface area (Å²) in [5.74, 6) is 0.298. The molecule has 23 heavy (non-hydrogen) atoms. The van der Waals surface area contributed by atoms with E-state index in [1.54, 1.807) is 26.2 Å². The molecule has 2 aromatic rings. The van der Waals surface area contributed by atoms with Crippen LogP contribution in [0, 0.1) is 6.92 Å². The Labute approximate surface area is 133 Å². The second-order valence-corrected chi connectivity index (χ2v) is 5.72. The van der Waals surface area contributed by atoms with E-state index in [2.05, 4.69) is 15.0 Å². The first-order chi connectivity index (χ1) is 11.1. The molecule has 2 heterocycles. The van der Waals surface area contributed by atoms with E-state index in [1.807, 2.05) is 12.1 Å². The van der Waals surface area contributed by atoms with Gasteiger partial charge in [-0.15, -0.1) is 0 Å². The van der Waals surface area contributed by atoms with Crippen LogP contribution in [0.3, 0.4) is 0 Å². The van der Waals surface area contributed by atoms with Gasteiger partial charge in [0.05, 0.1) is 17.7 Å². The van der Waals surface area contributed by atoms with Crippen LogP contribution in [0.15, 0.2) is 28.8 Å². The molecule has 0 amide bonds. The highest BCUT2D eigenvalue weighted by atomic mass is 16.5. The van der Waals surface area contributed by atoms with Gasteiger partial charge in [0.15, 0.2) is 5.82 Å². The maximum absolute atomic E-state index is 10.9. The van der Waals surface area contributed by atoms with Crippen molar-refractivity contribution in [2.45, 2.75) is 32.0 Å². The maximum atomic E-state index is 10.9. The van der Waals surface area contributed by atoms with E-state index in [0.717, 1.165) is 18.5 Å². The van der Waals surface area contributed by atoms with E-state index < -0.39 is 5.97 Å². The van der Waals surface area contributed by atoms with Crippen molar-refractivity contribution in [1.82, 2.24) is 15.0 Å². The van der Waals surface area contributed by atoms with Crippen LogP contribution in [0.2, 0.25) is 0 Å². The standard InChI is InChI=1S/C16H19N3O4/c1-10-17-15(23-18-10)14-7-13(22-2)9-19(14)8-11-3-5-12(6-4-11)16(20)21/h3-6,13-14H,7-9H2,1-2H3,(H,20,21)/t13-,14+/m0/s1. The van der Waals surface area contributed by atoms with Crippen molar-refractivity contribution in [1.29, 1.82) is 0 Å². The monoisotopic (exact) mass is 317 g/mol. The molecule has 0 spiro atoms. The Kier molecular flexibility index (Phi) is 4.40. The molecule has 1 N–H and O–H groups in total. The van der Waals surface area contributed by atoms with Crippen LogP contribution in [-0.4, -0.2) is 45.9 Å². The molecule has 1 aromatic carbocycles. The summed E-state index contributed by atoms with van der Waals surface area (Å²) in [6.45, 7) is 3.24. The third-order valence-corrected chi connectivity index (χ3v) is 4.11. The second kappa shape index (κ2) is 6.47. The van der Waals surface area contributed by atoms with Crippen LogP contribution < -0.4 is 0 Å². The summed E-state index contributed by atoms with van der Waals surface area (Å²) >= 11 is 0. The highest BCUT2D eigenvalue weighted by Crippen LogP contribution is 2.33. The molecular weight excluding hydrogens is 298 g/mol. The molecule has 0 unspecified atom stereocenters. The van der Waals surface area contributed by atoms with Crippen molar-refractivity contribution >= 4 is 5.97 Å². The van der Waals surface area contributed by atoms with Crippen molar-refractivity contribution in [3.05, 3.63) is 47.1 Å². The number of aromatic carboxylic acids is 1. The van der Waals surface area contributed by atoms with Crippen molar-refractivity contribution in [2.24, 2.45) is 0 Å². The van der Waals surface area contributed by atoms with E-state index >= 15 is 0 Å². The number of ether oxygens (including phenoxy) is 1. The molecule has 1 aliphatic rings. The Morgan fingerprint density at radius 2 is 2.17 bits per heavy atom. The number of hydrogen-bond acceptors (Lipinski definition) is 6. The predicted octanol–water partition coefficient (Wildman–Crippen LogP) is 2.04. The fraction of sp³-hybridized carbons (Fsp3) is 0.438. The normalized spacial score (nSPS) is 21.7. The van der Waals surface area contributed by atoms with Gasteiger partial charge in [-0.2, -0.15) is 4.98 Å². The Bertz CT molecular complexity index is 683. The van der Waals surface area contributed by atoms with Crippen molar-refractivity contribution < 1.29 is 19.2 Å². The SMILES string of the molecule is CO[C@H]1C[C@H](c2nc(C)no2)N(Cc2ccc(C(=O)O)cc2)C1. The lowest BCUT2D eigenvalue weighted by Crippen LogP contribution is -2.25. The molecule has 122 valence electrons. The molecule has 0 radical (unpaired) electrons. The lowest BCUT2D eigenvalue weighted by atomic mass is 10.1. The fourth-order valence-corrected chi connectivity index (χ4v) is 2.90. The van der Waals surface area contributed by atoms with Gasteiger partial charge in [0.25, 0.3) is 0 Å². The maximum Gasteiger partial charge on any atom is 0.335 e. The molecule has 7 heteroatoms. The molecule has 7 nitrogen and oxygen atoms in total. The Balaban J connectivity index is 1.77. The number of hydrogen-bond donors (Lipinski definition) is 1. The zero-order chi connectivity index (χ0) is 16.4. The highest BCUT2D eigenvalue weighted by Gasteiger charge is 2.36. The minimum absolute atomic E-state index is 0.0142. The summed E-state index contributed by atoms with van der Waals surface area (Å²) < 4.78 is 10.8. The number of rotatable bonds is 5. The molecule has 2 atom stereocenters. The largest absolute Gasteiger partial charge is 0.478 e. The van der Waals surface area contributed by atoms with Crippen LogP contribution in [0.4, 0.5) is 0 Å². The van der Waals surface area contributed by atoms with Gasteiger partial charge in [-0.05, 0) is 31.0 Å². The Hall–Kier alpha value is -2.25. The summed E-state index contributed by atoms with van der Waals surface area (Å²) in [4.78, 5) is 17.5. The van der Waals surface area contributed by atoms with Gasteiger partial charge in [-0.1, -0.05) is 17.3 Å². The smallest absolute Gasteiger partial charge is 0.335 e. The lowest BCUT2D eigenvalue weighted by Gasteiger charge is -2.21. The molecule has 0 bridgehead atoms. The number of carbonyl (C=O) groups is 1. The molecule has 1 aromatic heterocycles. The zero-order valence-corrected chi connectivity index (χ0v) is 13.1. The number of aryl methyl sites for hydroxylation is 1. The first kappa shape index (κ1) is 15.6.